The maximum Gasteiger partial charge on any atom is 0.253 e. The molecule has 2 atom stereocenters. The SMILES string of the molecule is Cc1ccc(C(=O)NC2(C)CCOC2C)c(C#CCN)c1. The molecule has 0 saturated carbocycles. The molecule has 1 aromatic rings. The fourth-order valence-corrected chi connectivity index (χ4v) is 2.43. The van der Waals surface area contributed by atoms with Crippen molar-refractivity contribution < 1.29 is 9.53 Å². The van der Waals surface area contributed by atoms with Gasteiger partial charge in [-0.15, -0.1) is 0 Å². The predicted molar refractivity (Wildman–Crippen MR) is 83.0 cm³/mol. The number of benzene rings is 1. The summed E-state index contributed by atoms with van der Waals surface area (Å²) in [6.45, 7) is 6.92. The minimum Gasteiger partial charge on any atom is -0.376 e. The lowest BCUT2D eigenvalue weighted by Crippen LogP contribution is -2.50. The third kappa shape index (κ3) is 3.44. The first-order valence-electron chi connectivity index (χ1n) is 7.20. The Balaban J connectivity index is 2.27. The smallest absolute Gasteiger partial charge is 0.253 e. The summed E-state index contributed by atoms with van der Waals surface area (Å²) in [7, 11) is 0. The van der Waals surface area contributed by atoms with Gasteiger partial charge in [0.1, 0.15) is 0 Å². The predicted octanol–water partition coefficient (Wildman–Crippen LogP) is 1.60. The molecular formula is C17H22N2O2. The van der Waals surface area contributed by atoms with Crippen molar-refractivity contribution in [3.63, 3.8) is 0 Å². The number of hydrogen-bond donors (Lipinski definition) is 2. The van der Waals surface area contributed by atoms with Crippen molar-refractivity contribution in [3.05, 3.63) is 34.9 Å². The van der Waals surface area contributed by atoms with Crippen LogP contribution in [0.25, 0.3) is 0 Å². The van der Waals surface area contributed by atoms with Crippen molar-refractivity contribution in [3.8, 4) is 11.8 Å². The van der Waals surface area contributed by atoms with E-state index in [1.54, 1.807) is 0 Å². The Bertz CT molecular complexity index is 601. The maximum atomic E-state index is 12.6. The van der Waals surface area contributed by atoms with E-state index in [0.717, 1.165) is 12.0 Å². The molecule has 1 aliphatic heterocycles. The Morgan fingerprint density at radius 2 is 2.33 bits per heavy atom. The molecule has 2 unspecified atom stereocenters. The summed E-state index contributed by atoms with van der Waals surface area (Å²) in [5.41, 5.74) is 7.46. The Kier molecular flexibility index (Phi) is 4.66. The van der Waals surface area contributed by atoms with Crippen molar-refractivity contribution in [2.24, 2.45) is 5.73 Å². The Morgan fingerprint density at radius 3 is 2.95 bits per heavy atom. The number of carbonyl (C=O) groups excluding carboxylic acids is 1. The molecule has 3 N–H and O–H groups in total. The van der Waals surface area contributed by atoms with Gasteiger partial charge in [0.2, 0.25) is 0 Å². The molecule has 0 bridgehead atoms. The fourth-order valence-electron chi connectivity index (χ4n) is 2.43. The van der Waals surface area contributed by atoms with Crippen LogP contribution in [0.3, 0.4) is 0 Å². The summed E-state index contributed by atoms with van der Waals surface area (Å²) < 4.78 is 5.56. The van der Waals surface area contributed by atoms with Gasteiger partial charge >= 0.3 is 0 Å². The number of rotatable bonds is 2. The van der Waals surface area contributed by atoms with E-state index in [0.29, 0.717) is 17.7 Å². The van der Waals surface area contributed by atoms with E-state index >= 15 is 0 Å². The van der Waals surface area contributed by atoms with Crippen LogP contribution in [0.5, 0.6) is 0 Å². The van der Waals surface area contributed by atoms with Gasteiger partial charge in [0.15, 0.2) is 0 Å². The first kappa shape index (κ1) is 15.6. The Hall–Kier alpha value is -1.83. The van der Waals surface area contributed by atoms with Crippen molar-refractivity contribution in [2.75, 3.05) is 13.2 Å². The van der Waals surface area contributed by atoms with Crippen molar-refractivity contribution >= 4 is 5.91 Å². The molecule has 1 aliphatic rings. The molecule has 0 spiro atoms. The highest BCUT2D eigenvalue weighted by Gasteiger charge is 2.38. The molecule has 1 heterocycles. The van der Waals surface area contributed by atoms with Crippen LogP contribution in [-0.2, 0) is 4.74 Å². The van der Waals surface area contributed by atoms with Gasteiger partial charge in [0.25, 0.3) is 5.91 Å². The van der Waals surface area contributed by atoms with E-state index in [1.807, 2.05) is 39.0 Å². The zero-order valence-corrected chi connectivity index (χ0v) is 12.8. The lowest BCUT2D eigenvalue weighted by Gasteiger charge is -2.29. The average molecular weight is 286 g/mol. The van der Waals surface area contributed by atoms with Gasteiger partial charge in [0, 0.05) is 12.2 Å². The van der Waals surface area contributed by atoms with Gasteiger partial charge in [-0.1, -0.05) is 17.9 Å². The molecule has 1 aromatic carbocycles. The van der Waals surface area contributed by atoms with Crippen molar-refractivity contribution in [2.45, 2.75) is 38.8 Å². The highest BCUT2D eigenvalue weighted by atomic mass is 16.5. The summed E-state index contributed by atoms with van der Waals surface area (Å²) in [5.74, 6) is 5.67. The summed E-state index contributed by atoms with van der Waals surface area (Å²) in [4.78, 5) is 12.6. The van der Waals surface area contributed by atoms with Gasteiger partial charge in [-0.2, -0.15) is 0 Å². The average Bonchev–Trinajstić information content (AvgIpc) is 2.76. The fraction of sp³-hybridized carbons (Fsp3) is 0.471. The molecule has 21 heavy (non-hydrogen) atoms. The number of amides is 1. The van der Waals surface area contributed by atoms with Crippen LogP contribution in [-0.4, -0.2) is 30.7 Å². The van der Waals surface area contributed by atoms with Crippen LogP contribution in [0.1, 0.15) is 41.8 Å². The zero-order valence-electron chi connectivity index (χ0n) is 12.8. The molecule has 1 fully saturated rings. The number of nitrogens with one attached hydrogen (secondary N) is 1. The van der Waals surface area contributed by atoms with Crippen molar-refractivity contribution in [1.29, 1.82) is 0 Å². The standard InChI is InChI=1S/C17H22N2O2/c1-12-6-7-15(14(11-12)5-4-9-18)16(20)19-17(3)8-10-21-13(17)2/h6-7,11,13H,8-10,18H2,1-3H3,(H,19,20). The number of ether oxygens (including phenoxy) is 1. The van der Waals surface area contributed by atoms with E-state index in [1.165, 1.54) is 0 Å². The van der Waals surface area contributed by atoms with Crippen LogP contribution in [0, 0.1) is 18.8 Å². The molecule has 1 amide bonds. The topological polar surface area (TPSA) is 64.3 Å². The highest BCUT2D eigenvalue weighted by Crippen LogP contribution is 2.25. The van der Waals surface area contributed by atoms with E-state index in [2.05, 4.69) is 17.2 Å². The summed E-state index contributed by atoms with van der Waals surface area (Å²) >= 11 is 0. The Morgan fingerprint density at radius 1 is 1.57 bits per heavy atom. The Labute approximate surface area is 126 Å². The number of nitrogens with two attached hydrogens (primary N) is 1. The summed E-state index contributed by atoms with van der Waals surface area (Å²) in [5, 5.41) is 3.09. The molecule has 2 rings (SSSR count). The summed E-state index contributed by atoms with van der Waals surface area (Å²) in [6, 6.07) is 5.64. The van der Waals surface area contributed by atoms with Gasteiger partial charge in [-0.25, -0.2) is 0 Å². The first-order chi connectivity index (χ1) is 9.96. The minimum atomic E-state index is -0.333. The largest absolute Gasteiger partial charge is 0.376 e. The number of aryl methyl sites for hydroxylation is 1. The van der Waals surface area contributed by atoms with Gasteiger partial charge < -0.3 is 15.8 Å². The van der Waals surface area contributed by atoms with Crippen LogP contribution in [0.15, 0.2) is 18.2 Å². The third-order valence-electron chi connectivity index (χ3n) is 4.03. The maximum absolute atomic E-state index is 12.6. The molecule has 112 valence electrons. The number of hydrogen-bond acceptors (Lipinski definition) is 3. The molecule has 0 radical (unpaired) electrons. The van der Waals surface area contributed by atoms with Gasteiger partial charge in [-0.3, -0.25) is 4.79 Å². The lowest BCUT2D eigenvalue weighted by atomic mass is 9.93. The quantitative estimate of drug-likeness (QED) is 0.812. The molecule has 4 nitrogen and oxygen atoms in total. The number of carbonyl (C=O) groups is 1. The van der Waals surface area contributed by atoms with E-state index < -0.39 is 0 Å². The van der Waals surface area contributed by atoms with Crippen LogP contribution in [0.4, 0.5) is 0 Å². The van der Waals surface area contributed by atoms with E-state index in [4.69, 9.17) is 10.5 Å². The van der Waals surface area contributed by atoms with Crippen LogP contribution < -0.4 is 11.1 Å². The van der Waals surface area contributed by atoms with Crippen LogP contribution in [0.2, 0.25) is 0 Å². The van der Waals surface area contributed by atoms with E-state index in [9.17, 15) is 4.79 Å². The second-order valence-corrected chi connectivity index (χ2v) is 5.69. The first-order valence-corrected chi connectivity index (χ1v) is 7.20. The highest BCUT2D eigenvalue weighted by molar-refractivity contribution is 5.97. The zero-order chi connectivity index (χ0) is 15.5. The van der Waals surface area contributed by atoms with Gasteiger partial charge in [0.05, 0.1) is 23.8 Å². The molecule has 1 saturated heterocycles. The van der Waals surface area contributed by atoms with Crippen LogP contribution >= 0.6 is 0 Å². The van der Waals surface area contributed by atoms with Crippen molar-refractivity contribution in [1.82, 2.24) is 5.32 Å². The minimum absolute atomic E-state index is 0.00507. The monoisotopic (exact) mass is 286 g/mol. The molecule has 0 aliphatic carbocycles. The third-order valence-corrected chi connectivity index (χ3v) is 4.03. The molecule has 0 aromatic heterocycles. The second kappa shape index (κ2) is 6.30. The molecular weight excluding hydrogens is 264 g/mol. The molecule has 4 heteroatoms. The second-order valence-electron chi connectivity index (χ2n) is 5.69. The van der Waals surface area contributed by atoms with E-state index in [-0.39, 0.29) is 24.1 Å². The van der Waals surface area contributed by atoms with Gasteiger partial charge in [-0.05, 0) is 44.9 Å². The summed E-state index contributed by atoms with van der Waals surface area (Å²) in [6.07, 6.45) is 0.820. The normalized spacial score (nSPS) is 24.3. The lowest BCUT2D eigenvalue weighted by molar-refractivity contribution is 0.0727.